The second kappa shape index (κ2) is 4.56. The van der Waals surface area contributed by atoms with Crippen molar-refractivity contribution in [3.63, 3.8) is 0 Å². The summed E-state index contributed by atoms with van der Waals surface area (Å²) in [5.41, 5.74) is 7.81. The molecule has 4 N–H and O–H groups in total. The lowest BCUT2D eigenvalue weighted by Crippen LogP contribution is -2.38. The Morgan fingerprint density at radius 2 is 2.38 bits per heavy atom. The van der Waals surface area contributed by atoms with Crippen LogP contribution in [0.1, 0.15) is 12.8 Å². The first-order valence-electron chi connectivity index (χ1n) is 4.07. The van der Waals surface area contributed by atoms with Crippen LogP contribution in [0.3, 0.4) is 0 Å². The van der Waals surface area contributed by atoms with Gasteiger partial charge >= 0.3 is 0 Å². The maximum absolute atomic E-state index is 11.2. The molecule has 0 spiro atoms. The molecule has 0 unspecified atom stereocenters. The highest BCUT2D eigenvalue weighted by Gasteiger charge is 2.17. The van der Waals surface area contributed by atoms with E-state index in [1.165, 1.54) is 0 Å². The van der Waals surface area contributed by atoms with Crippen LogP contribution >= 0.6 is 0 Å². The monoisotopic (exact) mass is 184 g/mol. The summed E-state index contributed by atoms with van der Waals surface area (Å²) in [6.07, 6.45) is 0.705. The van der Waals surface area contributed by atoms with Gasteiger partial charge in [-0.2, -0.15) is 5.10 Å². The molecule has 0 aromatic carbocycles. The number of nitrogens with one attached hydrogen (secondary N) is 2. The minimum absolute atomic E-state index is 0.157. The van der Waals surface area contributed by atoms with Crippen molar-refractivity contribution < 1.29 is 9.59 Å². The normalized spacial score (nSPS) is 16.1. The van der Waals surface area contributed by atoms with E-state index < -0.39 is 0 Å². The molecule has 0 aliphatic carbocycles. The number of carbonyl (C=O) groups excluding carboxylic acids is 2. The molecule has 6 nitrogen and oxygen atoms in total. The highest BCUT2D eigenvalue weighted by Crippen LogP contribution is 1.98. The Balaban J connectivity index is 2.43. The van der Waals surface area contributed by atoms with Crippen molar-refractivity contribution in [2.75, 3.05) is 13.1 Å². The minimum atomic E-state index is -0.259. The Hall–Kier alpha value is -1.43. The summed E-state index contributed by atoms with van der Waals surface area (Å²) < 4.78 is 0. The lowest BCUT2D eigenvalue weighted by atomic mass is 10.1. The van der Waals surface area contributed by atoms with Crippen LogP contribution in [-0.2, 0) is 9.59 Å². The SMILES string of the molecule is NCCNC(=O)C1=NNC(=O)CC1. The third-order valence-corrected chi connectivity index (χ3v) is 1.60. The van der Waals surface area contributed by atoms with Crippen molar-refractivity contribution in [3.8, 4) is 0 Å². The van der Waals surface area contributed by atoms with Crippen LogP contribution in [0.5, 0.6) is 0 Å². The Morgan fingerprint density at radius 1 is 1.62 bits per heavy atom. The topological polar surface area (TPSA) is 96.6 Å². The summed E-state index contributed by atoms with van der Waals surface area (Å²) in [6.45, 7) is 0.817. The average Bonchev–Trinajstić information content (AvgIpc) is 2.15. The molecule has 1 heterocycles. The van der Waals surface area contributed by atoms with Gasteiger partial charge in [0.05, 0.1) is 0 Å². The van der Waals surface area contributed by atoms with Crippen LogP contribution in [0.4, 0.5) is 0 Å². The van der Waals surface area contributed by atoms with Gasteiger partial charge in [-0.15, -0.1) is 0 Å². The zero-order valence-electron chi connectivity index (χ0n) is 7.17. The van der Waals surface area contributed by atoms with Gasteiger partial charge in [-0.05, 0) is 0 Å². The first-order chi connectivity index (χ1) is 6.24. The van der Waals surface area contributed by atoms with E-state index in [9.17, 15) is 9.59 Å². The van der Waals surface area contributed by atoms with Crippen LogP contribution in [0, 0.1) is 0 Å². The second-order valence-corrected chi connectivity index (χ2v) is 2.64. The quantitative estimate of drug-likeness (QED) is 0.489. The fraction of sp³-hybridized carbons (Fsp3) is 0.571. The number of nitrogens with zero attached hydrogens (tertiary/aromatic N) is 1. The van der Waals surface area contributed by atoms with Crippen LogP contribution in [0.2, 0.25) is 0 Å². The molecular weight excluding hydrogens is 172 g/mol. The minimum Gasteiger partial charge on any atom is -0.350 e. The summed E-state index contributed by atoms with van der Waals surface area (Å²) in [5.74, 6) is -0.416. The van der Waals surface area contributed by atoms with Gasteiger partial charge in [-0.25, -0.2) is 5.43 Å². The fourth-order valence-corrected chi connectivity index (χ4v) is 0.926. The molecule has 0 bridgehead atoms. The Kier molecular flexibility index (Phi) is 3.39. The molecule has 2 amide bonds. The van der Waals surface area contributed by atoms with Crippen molar-refractivity contribution in [1.82, 2.24) is 10.7 Å². The smallest absolute Gasteiger partial charge is 0.267 e. The molecule has 0 fully saturated rings. The molecule has 0 aromatic heterocycles. The third kappa shape index (κ3) is 2.83. The summed E-state index contributed by atoms with van der Waals surface area (Å²) in [6, 6.07) is 0. The van der Waals surface area contributed by atoms with Crippen LogP contribution < -0.4 is 16.5 Å². The Bertz CT molecular complexity index is 249. The van der Waals surface area contributed by atoms with Gasteiger partial charge in [0.15, 0.2) is 0 Å². The van der Waals surface area contributed by atoms with Gasteiger partial charge in [0.2, 0.25) is 5.91 Å². The number of hydrogen-bond donors (Lipinski definition) is 3. The predicted octanol–water partition coefficient (Wildman–Crippen LogP) is -1.67. The molecule has 0 atom stereocenters. The van der Waals surface area contributed by atoms with E-state index in [0.29, 0.717) is 31.6 Å². The lowest BCUT2D eigenvalue weighted by Gasteiger charge is -2.11. The number of nitrogens with two attached hydrogens (primary N) is 1. The number of amides is 2. The van der Waals surface area contributed by atoms with E-state index in [1.807, 2.05) is 0 Å². The van der Waals surface area contributed by atoms with Gasteiger partial charge in [0.1, 0.15) is 5.71 Å². The first-order valence-corrected chi connectivity index (χ1v) is 4.07. The van der Waals surface area contributed by atoms with Gasteiger partial charge in [-0.1, -0.05) is 0 Å². The Morgan fingerprint density at radius 3 is 2.92 bits per heavy atom. The lowest BCUT2D eigenvalue weighted by molar-refractivity contribution is -0.121. The zero-order valence-corrected chi connectivity index (χ0v) is 7.17. The van der Waals surface area contributed by atoms with Crippen molar-refractivity contribution in [2.24, 2.45) is 10.8 Å². The molecule has 1 aliphatic heterocycles. The van der Waals surface area contributed by atoms with Crippen LogP contribution in [-0.4, -0.2) is 30.6 Å². The van der Waals surface area contributed by atoms with E-state index in [1.54, 1.807) is 0 Å². The molecule has 1 aliphatic rings. The third-order valence-electron chi connectivity index (χ3n) is 1.60. The van der Waals surface area contributed by atoms with E-state index in [0.717, 1.165) is 0 Å². The molecule has 0 saturated carbocycles. The summed E-state index contributed by atoms with van der Waals surface area (Å²) >= 11 is 0. The van der Waals surface area contributed by atoms with Gasteiger partial charge in [-0.3, -0.25) is 9.59 Å². The van der Waals surface area contributed by atoms with E-state index >= 15 is 0 Å². The van der Waals surface area contributed by atoms with Gasteiger partial charge in [0.25, 0.3) is 5.91 Å². The predicted molar refractivity (Wildman–Crippen MR) is 46.9 cm³/mol. The van der Waals surface area contributed by atoms with E-state index in [-0.39, 0.29) is 11.8 Å². The number of rotatable bonds is 3. The molecule has 0 radical (unpaired) electrons. The molecular formula is C7H12N4O2. The molecule has 72 valence electrons. The van der Waals surface area contributed by atoms with Gasteiger partial charge < -0.3 is 11.1 Å². The maximum Gasteiger partial charge on any atom is 0.267 e. The first kappa shape index (κ1) is 9.66. The number of carbonyl (C=O) groups is 2. The standard InChI is InChI=1S/C7H12N4O2/c8-3-4-9-7(13)5-1-2-6(12)11-10-5/h1-4,8H2,(H,9,13)(H,11,12). The average molecular weight is 184 g/mol. The second-order valence-electron chi connectivity index (χ2n) is 2.64. The summed E-state index contributed by atoms with van der Waals surface area (Å²) in [5, 5.41) is 6.20. The van der Waals surface area contributed by atoms with E-state index in [2.05, 4.69) is 15.8 Å². The number of hydrazone groups is 1. The summed E-state index contributed by atoms with van der Waals surface area (Å²) in [4.78, 5) is 21.9. The van der Waals surface area contributed by atoms with Gasteiger partial charge in [0, 0.05) is 25.9 Å². The molecule has 0 aromatic rings. The van der Waals surface area contributed by atoms with Crippen LogP contribution in [0.15, 0.2) is 5.10 Å². The maximum atomic E-state index is 11.2. The van der Waals surface area contributed by atoms with Crippen LogP contribution in [0.25, 0.3) is 0 Å². The van der Waals surface area contributed by atoms with Crippen molar-refractivity contribution in [1.29, 1.82) is 0 Å². The fourth-order valence-electron chi connectivity index (χ4n) is 0.926. The van der Waals surface area contributed by atoms with Crippen molar-refractivity contribution in [3.05, 3.63) is 0 Å². The summed E-state index contributed by atoms with van der Waals surface area (Å²) in [7, 11) is 0. The van der Waals surface area contributed by atoms with Crippen molar-refractivity contribution >= 4 is 17.5 Å². The molecule has 13 heavy (non-hydrogen) atoms. The largest absolute Gasteiger partial charge is 0.350 e. The zero-order chi connectivity index (χ0) is 9.68. The Labute approximate surface area is 75.6 Å². The molecule has 6 heteroatoms. The highest BCUT2D eigenvalue weighted by molar-refractivity contribution is 6.39. The van der Waals surface area contributed by atoms with E-state index in [4.69, 9.17) is 5.73 Å². The molecule has 0 saturated heterocycles. The van der Waals surface area contributed by atoms with Crippen molar-refractivity contribution in [2.45, 2.75) is 12.8 Å². The highest BCUT2D eigenvalue weighted by atomic mass is 16.2. The molecule has 1 rings (SSSR count). The number of hydrogen-bond acceptors (Lipinski definition) is 4.